The van der Waals surface area contributed by atoms with Gasteiger partial charge in [-0.2, -0.15) is 0 Å². The Balaban J connectivity index is 2.62. The Labute approximate surface area is 105 Å². The lowest BCUT2D eigenvalue weighted by atomic mass is 10.2. The SMILES string of the molecule is CCC(SC=O)C(=O)Nc1ccc(OC)cc1. The van der Waals surface area contributed by atoms with Crippen LogP contribution in [0.1, 0.15) is 13.3 Å². The number of carbonyl (C=O) groups is 2. The highest BCUT2D eigenvalue weighted by atomic mass is 32.2. The lowest BCUT2D eigenvalue weighted by Gasteiger charge is -2.11. The predicted molar refractivity (Wildman–Crippen MR) is 70.0 cm³/mol. The molecule has 17 heavy (non-hydrogen) atoms. The topological polar surface area (TPSA) is 55.4 Å². The lowest BCUT2D eigenvalue weighted by Crippen LogP contribution is -2.24. The molecule has 1 amide bonds. The molecule has 0 spiro atoms. The largest absolute Gasteiger partial charge is 0.497 e. The number of anilines is 1. The van der Waals surface area contributed by atoms with Crippen molar-refractivity contribution in [3.8, 4) is 5.75 Å². The van der Waals surface area contributed by atoms with Crippen molar-refractivity contribution in [3.63, 3.8) is 0 Å². The van der Waals surface area contributed by atoms with E-state index in [-0.39, 0.29) is 11.2 Å². The molecule has 1 rings (SSSR count). The van der Waals surface area contributed by atoms with Crippen molar-refractivity contribution < 1.29 is 14.3 Å². The van der Waals surface area contributed by atoms with Crippen molar-refractivity contribution in [2.24, 2.45) is 0 Å². The second-order valence-corrected chi connectivity index (χ2v) is 4.38. The van der Waals surface area contributed by atoms with E-state index in [2.05, 4.69) is 5.32 Å². The molecule has 1 atom stereocenters. The van der Waals surface area contributed by atoms with E-state index in [4.69, 9.17) is 4.74 Å². The van der Waals surface area contributed by atoms with E-state index in [0.717, 1.165) is 17.5 Å². The summed E-state index contributed by atoms with van der Waals surface area (Å²) in [7, 11) is 1.58. The average molecular weight is 253 g/mol. The monoisotopic (exact) mass is 253 g/mol. The van der Waals surface area contributed by atoms with Crippen LogP contribution in [0.2, 0.25) is 0 Å². The number of ether oxygens (including phenoxy) is 1. The van der Waals surface area contributed by atoms with Crippen LogP contribution in [0, 0.1) is 0 Å². The summed E-state index contributed by atoms with van der Waals surface area (Å²) in [6, 6.07) is 7.05. The van der Waals surface area contributed by atoms with E-state index < -0.39 is 0 Å². The molecule has 0 saturated heterocycles. The number of methoxy groups -OCH3 is 1. The summed E-state index contributed by atoms with van der Waals surface area (Å²) in [5.74, 6) is 0.576. The first-order valence-electron chi connectivity index (χ1n) is 5.25. The van der Waals surface area contributed by atoms with Crippen molar-refractivity contribution in [1.82, 2.24) is 0 Å². The Bertz CT molecular complexity index is 378. The summed E-state index contributed by atoms with van der Waals surface area (Å²) in [5, 5.41) is 2.42. The summed E-state index contributed by atoms with van der Waals surface area (Å²) >= 11 is 0.994. The van der Waals surface area contributed by atoms with E-state index in [1.807, 2.05) is 6.92 Å². The molecule has 0 heterocycles. The van der Waals surface area contributed by atoms with E-state index >= 15 is 0 Å². The minimum atomic E-state index is -0.338. The third-order valence-electron chi connectivity index (χ3n) is 2.24. The Morgan fingerprint density at radius 3 is 2.59 bits per heavy atom. The van der Waals surface area contributed by atoms with Gasteiger partial charge in [0.25, 0.3) is 0 Å². The fourth-order valence-electron chi connectivity index (χ4n) is 1.31. The molecule has 0 aliphatic carbocycles. The molecule has 92 valence electrons. The molecule has 1 N–H and O–H groups in total. The molecule has 0 aromatic heterocycles. The maximum absolute atomic E-state index is 11.8. The lowest BCUT2D eigenvalue weighted by molar-refractivity contribution is -0.115. The van der Waals surface area contributed by atoms with Crippen molar-refractivity contribution >= 4 is 29.0 Å². The number of carbonyl (C=O) groups excluding carboxylic acids is 2. The van der Waals surface area contributed by atoms with Crippen LogP contribution >= 0.6 is 11.8 Å². The Morgan fingerprint density at radius 2 is 2.12 bits per heavy atom. The fraction of sp³-hybridized carbons (Fsp3) is 0.333. The van der Waals surface area contributed by atoms with Crippen LogP contribution in [-0.2, 0) is 9.59 Å². The standard InChI is InChI=1S/C12H15NO3S/c1-3-11(17-8-14)12(15)13-9-4-6-10(16-2)7-5-9/h4-8,11H,3H2,1-2H3,(H,13,15). The third-order valence-corrected chi connectivity index (χ3v) is 3.23. The summed E-state index contributed by atoms with van der Waals surface area (Å²) in [6.07, 6.45) is 0.616. The predicted octanol–water partition coefficient (Wildman–Crippen LogP) is 2.34. The molecule has 0 saturated carbocycles. The van der Waals surface area contributed by atoms with Crippen LogP contribution in [0.25, 0.3) is 0 Å². The first kappa shape index (κ1) is 13.6. The van der Waals surface area contributed by atoms with Crippen LogP contribution in [0.15, 0.2) is 24.3 Å². The van der Waals surface area contributed by atoms with Crippen molar-refractivity contribution in [2.75, 3.05) is 12.4 Å². The van der Waals surface area contributed by atoms with Crippen LogP contribution in [0.5, 0.6) is 5.75 Å². The zero-order valence-corrected chi connectivity index (χ0v) is 10.6. The normalized spacial score (nSPS) is 11.6. The molecule has 0 aliphatic heterocycles. The van der Waals surface area contributed by atoms with Gasteiger partial charge < -0.3 is 10.1 Å². The molecule has 0 fully saturated rings. The minimum absolute atomic E-state index is 0.158. The second kappa shape index (κ2) is 6.96. The molecular formula is C12H15NO3S. The summed E-state index contributed by atoms with van der Waals surface area (Å²) < 4.78 is 5.02. The van der Waals surface area contributed by atoms with E-state index in [9.17, 15) is 9.59 Å². The fourth-order valence-corrected chi connectivity index (χ4v) is 1.82. The number of thioether (sulfide) groups is 1. The van der Waals surface area contributed by atoms with Crippen LogP contribution in [0.3, 0.4) is 0 Å². The molecular weight excluding hydrogens is 238 g/mol. The summed E-state index contributed by atoms with van der Waals surface area (Å²) in [6.45, 7) is 1.87. The Hall–Kier alpha value is -1.49. The molecule has 4 nitrogen and oxygen atoms in total. The molecule has 1 aromatic carbocycles. The van der Waals surface area contributed by atoms with Gasteiger partial charge >= 0.3 is 0 Å². The van der Waals surface area contributed by atoms with Crippen molar-refractivity contribution in [1.29, 1.82) is 0 Å². The third kappa shape index (κ3) is 4.11. The van der Waals surface area contributed by atoms with Crippen LogP contribution in [0.4, 0.5) is 5.69 Å². The van der Waals surface area contributed by atoms with Gasteiger partial charge in [0.1, 0.15) is 5.75 Å². The van der Waals surface area contributed by atoms with Gasteiger partial charge in [-0.25, -0.2) is 0 Å². The molecule has 1 aromatic rings. The van der Waals surface area contributed by atoms with Crippen LogP contribution in [-0.4, -0.2) is 23.9 Å². The second-order valence-electron chi connectivity index (χ2n) is 3.35. The van der Waals surface area contributed by atoms with Gasteiger partial charge in [-0.1, -0.05) is 18.7 Å². The molecule has 0 bridgehead atoms. The highest BCUT2D eigenvalue weighted by molar-refractivity contribution is 8.13. The van der Waals surface area contributed by atoms with Crippen LogP contribution < -0.4 is 10.1 Å². The maximum Gasteiger partial charge on any atom is 0.237 e. The summed E-state index contributed by atoms with van der Waals surface area (Å²) in [5.41, 5.74) is 1.39. The zero-order valence-electron chi connectivity index (χ0n) is 9.80. The molecule has 1 unspecified atom stereocenters. The highest BCUT2D eigenvalue weighted by Gasteiger charge is 2.16. The smallest absolute Gasteiger partial charge is 0.237 e. The van der Waals surface area contributed by atoms with Gasteiger partial charge in [-0.3, -0.25) is 9.59 Å². The Kier molecular flexibility index (Phi) is 5.56. The highest BCUT2D eigenvalue weighted by Crippen LogP contribution is 2.18. The van der Waals surface area contributed by atoms with E-state index in [0.29, 0.717) is 17.7 Å². The van der Waals surface area contributed by atoms with Gasteiger partial charge in [0.2, 0.25) is 5.91 Å². The van der Waals surface area contributed by atoms with E-state index in [1.54, 1.807) is 31.4 Å². The molecule has 0 aliphatic rings. The van der Waals surface area contributed by atoms with Gasteiger partial charge in [0.05, 0.1) is 12.4 Å². The molecule has 5 heteroatoms. The number of rotatable bonds is 6. The number of benzene rings is 1. The maximum atomic E-state index is 11.8. The number of hydrogen-bond donors (Lipinski definition) is 1. The average Bonchev–Trinajstić information content (AvgIpc) is 2.36. The van der Waals surface area contributed by atoms with Crippen molar-refractivity contribution in [3.05, 3.63) is 24.3 Å². The number of hydrogen-bond acceptors (Lipinski definition) is 4. The van der Waals surface area contributed by atoms with Gasteiger partial charge in [-0.15, -0.1) is 0 Å². The van der Waals surface area contributed by atoms with E-state index in [1.165, 1.54) is 0 Å². The zero-order chi connectivity index (χ0) is 12.7. The number of nitrogens with one attached hydrogen (secondary N) is 1. The minimum Gasteiger partial charge on any atom is -0.497 e. The Morgan fingerprint density at radius 1 is 1.47 bits per heavy atom. The molecule has 0 radical (unpaired) electrons. The van der Waals surface area contributed by atoms with Gasteiger partial charge in [0, 0.05) is 5.69 Å². The number of amides is 1. The van der Waals surface area contributed by atoms with Crippen molar-refractivity contribution in [2.45, 2.75) is 18.6 Å². The van der Waals surface area contributed by atoms with Gasteiger partial charge in [-0.05, 0) is 30.7 Å². The quantitative estimate of drug-likeness (QED) is 0.791. The van der Waals surface area contributed by atoms with Gasteiger partial charge in [0.15, 0.2) is 5.62 Å². The first-order chi connectivity index (χ1) is 8.21. The first-order valence-corrected chi connectivity index (χ1v) is 6.19. The summed E-state index contributed by atoms with van der Waals surface area (Å²) in [4.78, 5) is 22.1.